The van der Waals surface area contributed by atoms with Crippen LogP contribution in [0.2, 0.25) is 5.15 Å². The van der Waals surface area contributed by atoms with Crippen LogP contribution in [0.5, 0.6) is 5.75 Å². The van der Waals surface area contributed by atoms with Gasteiger partial charge < -0.3 is 10.1 Å². The maximum atomic E-state index is 6.05. The molecule has 24 heavy (non-hydrogen) atoms. The Hall–Kier alpha value is -1.62. The second kappa shape index (κ2) is 7.51. The lowest BCUT2D eigenvalue weighted by atomic mass is 9.98. The van der Waals surface area contributed by atoms with Gasteiger partial charge in [0.2, 0.25) is 0 Å². The Labute approximate surface area is 148 Å². The van der Waals surface area contributed by atoms with Crippen LogP contribution in [0.3, 0.4) is 0 Å². The van der Waals surface area contributed by atoms with Gasteiger partial charge in [0.25, 0.3) is 0 Å². The topological polar surface area (TPSA) is 37.4 Å². The predicted molar refractivity (Wildman–Crippen MR) is 97.7 cm³/mol. The van der Waals surface area contributed by atoms with E-state index in [2.05, 4.69) is 53.3 Å². The number of aryl methyl sites for hydroxylation is 1. The van der Waals surface area contributed by atoms with Crippen molar-refractivity contribution < 1.29 is 4.74 Å². The molecular formula is C19H24ClN3O. The molecule has 1 aliphatic heterocycles. The van der Waals surface area contributed by atoms with Crippen molar-refractivity contribution in [1.82, 2.24) is 15.2 Å². The van der Waals surface area contributed by atoms with Gasteiger partial charge in [-0.15, -0.1) is 0 Å². The van der Waals surface area contributed by atoms with Crippen molar-refractivity contribution >= 4 is 11.6 Å². The fourth-order valence-corrected chi connectivity index (χ4v) is 3.52. The van der Waals surface area contributed by atoms with Crippen LogP contribution < -0.4 is 10.1 Å². The number of hydrogen-bond acceptors (Lipinski definition) is 4. The van der Waals surface area contributed by atoms with E-state index < -0.39 is 0 Å². The van der Waals surface area contributed by atoms with Gasteiger partial charge in [0.15, 0.2) is 10.9 Å². The van der Waals surface area contributed by atoms with Crippen LogP contribution in [-0.2, 0) is 0 Å². The molecule has 2 heterocycles. The monoisotopic (exact) mass is 345 g/mol. The van der Waals surface area contributed by atoms with E-state index in [9.17, 15) is 0 Å². The number of methoxy groups -OCH3 is 1. The van der Waals surface area contributed by atoms with Gasteiger partial charge in [0, 0.05) is 37.9 Å². The summed E-state index contributed by atoms with van der Waals surface area (Å²) < 4.78 is 5.30. The zero-order chi connectivity index (χ0) is 17.1. The van der Waals surface area contributed by atoms with E-state index >= 15 is 0 Å². The van der Waals surface area contributed by atoms with Gasteiger partial charge in [-0.3, -0.25) is 4.90 Å². The summed E-state index contributed by atoms with van der Waals surface area (Å²) in [7, 11) is 1.62. The Balaban J connectivity index is 1.78. The Morgan fingerprint density at radius 1 is 1.38 bits per heavy atom. The van der Waals surface area contributed by atoms with Gasteiger partial charge >= 0.3 is 0 Å². The quantitative estimate of drug-likeness (QED) is 0.856. The van der Waals surface area contributed by atoms with Gasteiger partial charge in [0.1, 0.15) is 0 Å². The first-order chi connectivity index (χ1) is 11.6. The minimum absolute atomic E-state index is 0.261. The van der Waals surface area contributed by atoms with E-state index in [0.717, 1.165) is 25.2 Å². The molecule has 3 rings (SSSR count). The van der Waals surface area contributed by atoms with Gasteiger partial charge in [-0.2, -0.15) is 0 Å². The number of halogens is 1. The molecule has 1 fully saturated rings. The molecular weight excluding hydrogens is 322 g/mol. The second-order valence-electron chi connectivity index (χ2n) is 6.30. The molecule has 1 unspecified atom stereocenters. The minimum atomic E-state index is 0.261. The van der Waals surface area contributed by atoms with Gasteiger partial charge in [0.05, 0.1) is 7.11 Å². The summed E-state index contributed by atoms with van der Waals surface area (Å²) in [5, 5.41) is 4.05. The zero-order valence-electron chi connectivity index (χ0n) is 14.4. The van der Waals surface area contributed by atoms with Crippen LogP contribution in [0, 0.1) is 6.92 Å². The van der Waals surface area contributed by atoms with Crippen LogP contribution in [0.4, 0.5) is 0 Å². The predicted octanol–water partition coefficient (Wildman–Crippen LogP) is 3.76. The van der Waals surface area contributed by atoms with Gasteiger partial charge in [-0.1, -0.05) is 35.9 Å². The standard InChI is InChI=1S/C19H24ClN3O/c1-13-6-4-5-7-16(13)17-12-23(9-8-21-17)14(2)15-10-18(24-3)19(20)22-11-15/h4-7,10-11,14,17,21H,8-9,12H2,1-3H3/t14-,17?/m1/s1. The minimum Gasteiger partial charge on any atom is -0.494 e. The number of benzene rings is 1. The molecule has 5 heteroatoms. The number of piperazine rings is 1. The number of aromatic nitrogens is 1. The van der Waals surface area contributed by atoms with Crippen molar-refractivity contribution in [1.29, 1.82) is 0 Å². The van der Waals surface area contributed by atoms with Crippen molar-refractivity contribution in [3.05, 3.63) is 58.4 Å². The number of pyridine rings is 1. The van der Waals surface area contributed by atoms with Crippen molar-refractivity contribution in [2.24, 2.45) is 0 Å². The highest BCUT2D eigenvalue weighted by atomic mass is 35.5. The summed E-state index contributed by atoms with van der Waals surface area (Å²) >= 11 is 6.05. The molecule has 1 saturated heterocycles. The molecule has 128 valence electrons. The van der Waals surface area contributed by atoms with Crippen LogP contribution in [0.15, 0.2) is 36.5 Å². The third-order valence-corrected chi connectivity index (χ3v) is 5.13. The normalized spacial score (nSPS) is 19.9. The van der Waals surface area contributed by atoms with E-state index in [1.165, 1.54) is 11.1 Å². The smallest absolute Gasteiger partial charge is 0.171 e. The molecule has 2 aromatic rings. The highest BCUT2D eigenvalue weighted by molar-refractivity contribution is 6.30. The van der Waals surface area contributed by atoms with E-state index in [1.807, 2.05) is 12.3 Å². The third kappa shape index (κ3) is 3.56. The fourth-order valence-electron chi connectivity index (χ4n) is 3.34. The lowest BCUT2D eigenvalue weighted by molar-refractivity contribution is 0.153. The van der Waals surface area contributed by atoms with Gasteiger partial charge in [-0.05, 0) is 36.6 Å². The zero-order valence-corrected chi connectivity index (χ0v) is 15.2. The van der Waals surface area contributed by atoms with Crippen LogP contribution in [-0.4, -0.2) is 36.6 Å². The molecule has 1 aromatic carbocycles. The Morgan fingerprint density at radius 3 is 2.92 bits per heavy atom. The van der Waals surface area contributed by atoms with E-state index in [0.29, 0.717) is 16.9 Å². The first kappa shape index (κ1) is 17.2. The molecule has 0 amide bonds. The summed E-state index contributed by atoms with van der Waals surface area (Å²) in [6, 6.07) is 11.2. The maximum Gasteiger partial charge on any atom is 0.171 e. The average Bonchev–Trinajstić information content (AvgIpc) is 2.62. The molecule has 0 spiro atoms. The molecule has 0 radical (unpaired) electrons. The Bertz CT molecular complexity index is 707. The highest BCUT2D eigenvalue weighted by Crippen LogP contribution is 2.30. The van der Waals surface area contributed by atoms with E-state index in [4.69, 9.17) is 16.3 Å². The molecule has 0 aliphatic carbocycles. The van der Waals surface area contributed by atoms with E-state index in [-0.39, 0.29) is 6.04 Å². The summed E-state index contributed by atoms with van der Waals surface area (Å²) in [5.74, 6) is 0.631. The highest BCUT2D eigenvalue weighted by Gasteiger charge is 2.26. The summed E-state index contributed by atoms with van der Waals surface area (Å²) in [6.07, 6.45) is 1.85. The van der Waals surface area contributed by atoms with Crippen molar-refractivity contribution in [2.75, 3.05) is 26.7 Å². The van der Waals surface area contributed by atoms with Crippen molar-refractivity contribution in [2.45, 2.75) is 25.9 Å². The number of ether oxygens (including phenoxy) is 1. The number of nitrogens with one attached hydrogen (secondary N) is 1. The molecule has 1 aromatic heterocycles. The molecule has 0 saturated carbocycles. The summed E-state index contributed by atoms with van der Waals surface area (Å²) in [5.41, 5.74) is 3.84. The number of hydrogen-bond donors (Lipinski definition) is 1. The summed E-state index contributed by atoms with van der Waals surface area (Å²) in [4.78, 5) is 6.74. The first-order valence-electron chi connectivity index (χ1n) is 8.32. The molecule has 1 N–H and O–H groups in total. The largest absolute Gasteiger partial charge is 0.494 e. The van der Waals surface area contributed by atoms with Crippen molar-refractivity contribution in [3.8, 4) is 5.75 Å². The third-order valence-electron chi connectivity index (χ3n) is 4.85. The number of rotatable bonds is 4. The SMILES string of the molecule is COc1cc([C@@H](C)N2CCNC(c3ccccc3C)C2)cnc1Cl. The lowest BCUT2D eigenvalue weighted by Crippen LogP contribution is -2.46. The lowest BCUT2D eigenvalue weighted by Gasteiger charge is -2.38. The Kier molecular flexibility index (Phi) is 5.39. The van der Waals surface area contributed by atoms with Crippen LogP contribution in [0.1, 0.15) is 35.7 Å². The fraction of sp³-hybridized carbons (Fsp3) is 0.421. The van der Waals surface area contributed by atoms with Crippen LogP contribution in [0.25, 0.3) is 0 Å². The average molecular weight is 346 g/mol. The summed E-state index contributed by atoms with van der Waals surface area (Å²) in [6.45, 7) is 7.34. The molecule has 2 atom stereocenters. The van der Waals surface area contributed by atoms with Crippen LogP contribution >= 0.6 is 11.6 Å². The molecule has 0 bridgehead atoms. The maximum absolute atomic E-state index is 6.05. The number of nitrogens with zero attached hydrogens (tertiary/aromatic N) is 2. The molecule has 1 aliphatic rings. The molecule has 4 nitrogen and oxygen atoms in total. The van der Waals surface area contributed by atoms with Crippen molar-refractivity contribution in [3.63, 3.8) is 0 Å². The second-order valence-corrected chi connectivity index (χ2v) is 6.65. The Morgan fingerprint density at radius 2 is 2.17 bits per heavy atom. The first-order valence-corrected chi connectivity index (χ1v) is 8.70. The van der Waals surface area contributed by atoms with Gasteiger partial charge in [-0.25, -0.2) is 4.98 Å². The van der Waals surface area contributed by atoms with E-state index in [1.54, 1.807) is 7.11 Å².